The number of nitrogens with zero attached hydrogens (tertiary/aromatic N) is 2. The quantitative estimate of drug-likeness (QED) is 0.179. The number of benzene rings is 7. The summed E-state index contributed by atoms with van der Waals surface area (Å²) >= 11 is 0. The van der Waals surface area contributed by atoms with Crippen molar-refractivity contribution in [2.24, 2.45) is 0 Å². The Morgan fingerprint density at radius 3 is 1.69 bits per heavy atom. The van der Waals surface area contributed by atoms with Crippen LogP contribution in [0.5, 0.6) is 0 Å². The van der Waals surface area contributed by atoms with E-state index < -0.39 is 11.9 Å². The van der Waals surface area contributed by atoms with Gasteiger partial charge in [-0.3, -0.25) is 0 Å². The summed E-state index contributed by atoms with van der Waals surface area (Å²) in [4.78, 5) is 23.4. The average Bonchev–Trinajstić information content (AvgIpc) is 3.71. The molecule has 55 heavy (non-hydrogen) atoms. The van der Waals surface area contributed by atoms with E-state index in [0.717, 1.165) is 38.7 Å². The second kappa shape index (κ2) is 10.9. The zero-order valence-corrected chi connectivity index (χ0v) is 30.4. The van der Waals surface area contributed by atoms with E-state index in [1.54, 1.807) is 24.3 Å². The van der Waals surface area contributed by atoms with Gasteiger partial charge in [-0.1, -0.05) is 93.6 Å². The van der Waals surface area contributed by atoms with E-state index in [0.29, 0.717) is 0 Å². The molecule has 0 fully saturated rings. The largest absolute Gasteiger partial charge is 0.478 e. The zero-order valence-electron chi connectivity index (χ0n) is 30.4. The Labute approximate surface area is 316 Å². The van der Waals surface area contributed by atoms with Gasteiger partial charge in [-0.05, 0) is 110 Å². The molecule has 9 aromatic rings. The number of carboxylic acids is 2. The summed E-state index contributed by atoms with van der Waals surface area (Å²) in [7, 11) is 0. The third-order valence-electron chi connectivity index (χ3n) is 11.9. The fraction of sp³-hybridized carbons (Fsp3) is 0.0833. The molecular formula is C48H33BN2O4. The predicted molar refractivity (Wildman–Crippen MR) is 223 cm³/mol. The van der Waals surface area contributed by atoms with Gasteiger partial charge in [-0.15, -0.1) is 0 Å². The van der Waals surface area contributed by atoms with Crippen LogP contribution in [0.15, 0.2) is 133 Å². The molecule has 0 radical (unpaired) electrons. The number of carbonyl (C=O) groups is 2. The van der Waals surface area contributed by atoms with E-state index in [9.17, 15) is 19.8 Å². The lowest BCUT2D eigenvalue weighted by molar-refractivity contribution is 0.0686. The molecule has 0 aliphatic carbocycles. The van der Waals surface area contributed by atoms with Crippen LogP contribution in [0, 0.1) is 0 Å². The lowest BCUT2D eigenvalue weighted by Crippen LogP contribution is -2.59. The second-order valence-corrected chi connectivity index (χ2v) is 16.0. The highest BCUT2D eigenvalue weighted by Gasteiger charge is 2.41. The third-order valence-corrected chi connectivity index (χ3v) is 11.9. The highest BCUT2D eigenvalue weighted by atomic mass is 16.4. The van der Waals surface area contributed by atoms with Gasteiger partial charge in [0, 0.05) is 44.0 Å². The zero-order chi connectivity index (χ0) is 37.5. The van der Waals surface area contributed by atoms with Crippen LogP contribution in [0.4, 0.5) is 0 Å². The maximum atomic E-state index is 11.8. The second-order valence-electron chi connectivity index (χ2n) is 16.0. The van der Waals surface area contributed by atoms with Gasteiger partial charge in [0.15, 0.2) is 0 Å². The fourth-order valence-electron chi connectivity index (χ4n) is 9.33. The van der Waals surface area contributed by atoms with Crippen molar-refractivity contribution in [3.8, 4) is 33.6 Å². The third kappa shape index (κ3) is 4.32. The van der Waals surface area contributed by atoms with Crippen LogP contribution in [0.1, 0.15) is 47.1 Å². The summed E-state index contributed by atoms with van der Waals surface area (Å²) in [6, 6.07) is 45.7. The van der Waals surface area contributed by atoms with E-state index in [1.165, 1.54) is 60.5 Å². The fourth-order valence-corrected chi connectivity index (χ4v) is 9.33. The summed E-state index contributed by atoms with van der Waals surface area (Å²) in [5.74, 6) is -1.87. The number of hydrogen-bond acceptors (Lipinski definition) is 2. The molecule has 4 heterocycles. The molecule has 2 aromatic heterocycles. The van der Waals surface area contributed by atoms with Crippen molar-refractivity contribution in [2.45, 2.75) is 26.2 Å². The summed E-state index contributed by atoms with van der Waals surface area (Å²) in [5, 5.41) is 23.8. The maximum absolute atomic E-state index is 11.8. The van der Waals surface area contributed by atoms with E-state index in [4.69, 9.17) is 0 Å². The van der Waals surface area contributed by atoms with Crippen molar-refractivity contribution in [2.75, 3.05) is 0 Å². The molecule has 0 atom stereocenters. The molecule has 0 unspecified atom stereocenters. The number of para-hydroxylation sites is 2. The molecule has 2 N–H and O–H groups in total. The number of aromatic nitrogens is 2. The van der Waals surface area contributed by atoms with Gasteiger partial charge in [-0.25, -0.2) is 9.59 Å². The normalized spacial score (nSPS) is 12.9. The van der Waals surface area contributed by atoms with Crippen molar-refractivity contribution >= 4 is 78.7 Å². The summed E-state index contributed by atoms with van der Waals surface area (Å²) in [6.45, 7) is 6.79. The van der Waals surface area contributed by atoms with Crippen molar-refractivity contribution < 1.29 is 19.8 Å². The molecule has 0 spiro atoms. The molecule has 262 valence electrons. The predicted octanol–water partition coefficient (Wildman–Crippen LogP) is 9.05. The number of hydrogen-bond donors (Lipinski definition) is 2. The molecule has 2 aliphatic heterocycles. The molecule has 0 amide bonds. The lowest BCUT2D eigenvalue weighted by atomic mass is 9.34. The smallest absolute Gasteiger partial charge is 0.335 e. The average molecular weight is 713 g/mol. The Bertz CT molecular complexity index is 3180. The SMILES string of the molecule is CC(C)(C)c1cc2c3c(c1)-n1c4ccccc4c4cc(-c5ccc(C(=O)O)cc5)cc(c41)B3c1cccc3c4cc(-c5ccc(C(=O)O)cc5)ccc4n-2c13. The standard InChI is InChI=1S/C48H33BN2O4/c1-48(2,3)32-24-41-43-42(25-32)51-40-20-19-30(26-11-15-28(16-12-26)46(52)53)21-35(40)34-8-6-9-37(44(34)51)49(43)38-23-31(27-13-17-29(18-14-27)47(54)55)22-36-33-7-4-5-10-39(33)50(41)45(36)38/h4-25H,1-3H3,(H,52,53)(H,54,55). The first-order valence-electron chi connectivity index (χ1n) is 18.6. The Morgan fingerprint density at radius 2 is 1.05 bits per heavy atom. The van der Waals surface area contributed by atoms with Gasteiger partial charge in [0.2, 0.25) is 0 Å². The Hall–Kier alpha value is -6.86. The van der Waals surface area contributed by atoms with Crippen molar-refractivity contribution in [1.82, 2.24) is 9.13 Å². The molecule has 0 bridgehead atoms. The molecule has 7 heteroatoms. The minimum absolute atomic E-state index is 0.0554. The van der Waals surface area contributed by atoms with Gasteiger partial charge in [0.1, 0.15) is 0 Å². The Morgan fingerprint density at radius 1 is 0.509 bits per heavy atom. The van der Waals surface area contributed by atoms with Crippen LogP contribution in [0.2, 0.25) is 0 Å². The molecule has 2 aliphatic rings. The first-order valence-corrected chi connectivity index (χ1v) is 18.6. The lowest BCUT2D eigenvalue weighted by Gasteiger charge is -2.35. The van der Waals surface area contributed by atoms with Crippen LogP contribution in [0.25, 0.3) is 77.2 Å². The van der Waals surface area contributed by atoms with Crippen molar-refractivity contribution in [3.63, 3.8) is 0 Å². The monoisotopic (exact) mass is 712 g/mol. The van der Waals surface area contributed by atoms with Crippen LogP contribution < -0.4 is 16.4 Å². The van der Waals surface area contributed by atoms with E-state index in [2.05, 4.69) is 115 Å². The van der Waals surface area contributed by atoms with Gasteiger partial charge in [-0.2, -0.15) is 0 Å². The van der Waals surface area contributed by atoms with Gasteiger partial charge < -0.3 is 19.3 Å². The summed E-state index contributed by atoms with van der Waals surface area (Å²) in [6.07, 6.45) is 0. The van der Waals surface area contributed by atoms with Crippen LogP contribution in [-0.2, 0) is 5.41 Å². The molecule has 0 saturated heterocycles. The van der Waals surface area contributed by atoms with Crippen molar-refractivity contribution in [3.05, 3.63) is 150 Å². The summed E-state index contributed by atoms with van der Waals surface area (Å²) in [5.41, 5.74) is 16.5. The Kier molecular flexibility index (Phi) is 6.25. The van der Waals surface area contributed by atoms with Gasteiger partial charge in [0.05, 0.1) is 22.2 Å². The molecule has 7 aromatic carbocycles. The first kappa shape index (κ1) is 31.7. The van der Waals surface area contributed by atoms with E-state index in [1.807, 2.05) is 24.3 Å². The first-order chi connectivity index (χ1) is 26.6. The van der Waals surface area contributed by atoms with Crippen LogP contribution in [0.3, 0.4) is 0 Å². The van der Waals surface area contributed by atoms with Crippen molar-refractivity contribution in [1.29, 1.82) is 0 Å². The molecule has 11 rings (SSSR count). The van der Waals surface area contributed by atoms with Crippen LogP contribution in [-0.4, -0.2) is 38.0 Å². The number of aromatic carboxylic acids is 2. The highest BCUT2D eigenvalue weighted by Crippen LogP contribution is 2.42. The number of fused-ring (bicyclic) bond motifs is 10. The highest BCUT2D eigenvalue weighted by molar-refractivity contribution is 7.00. The maximum Gasteiger partial charge on any atom is 0.335 e. The summed E-state index contributed by atoms with van der Waals surface area (Å²) < 4.78 is 4.96. The van der Waals surface area contributed by atoms with E-state index >= 15 is 0 Å². The number of rotatable bonds is 4. The minimum atomic E-state index is -0.937. The topological polar surface area (TPSA) is 84.5 Å². The Balaban J connectivity index is 1.25. The van der Waals surface area contributed by atoms with Crippen LogP contribution >= 0.6 is 0 Å². The van der Waals surface area contributed by atoms with Gasteiger partial charge in [0.25, 0.3) is 6.71 Å². The molecular weight excluding hydrogens is 679 g/mol. The minimum Gasteiger partial charge on any atom is -0.478 e. The molecule has 6 nitrogen and oxygen atoms in total. The molecule has 0 saturated carbocycles. The van der Waals surface area contributed by atoms with E-state index in [-0.39, 0.29) is 23.3 Å². The number of carboxylic acid groups (broad SMARTS) is 2. The van der Waals surface area contributed by atoms with Gasteiger partial charge >= 0.3 is 11.9 Å².